The number of primary amides is 1. The molecule has 6 rings (SSSR count). The van der Waals surface area contributed by atoms with Gasteiger partial charge in [-0.3, -0.25) is 14.6 Å². The average molecular weight is 662 g/mol. The highest BCUT2D eigenvalue weighted by molar-refractivity contribution is 6.00. The topological polar surface area (TPSA) is 163 Å². The minimum Gasteiger partial charge on any atom is -0.488 e. The highest BCUT2D eigenvalue weighted by Crippen LogP contribution is 2.46. The number of halogens is 6. The van der Waals surface area contributed by atoms with Crippen molar-refractivity contribution < 1.29 is 50.5 Å². The third-order valence-corrected chi connectivity index (χ3v) is 7.95. The molecule has 1 fully saturated rings. The first-order chi connectivity index (χ1) is 22.1. The summed E-state index contributed by atoms with van der Waals surface area (Å²) in [7, 11) is 0. The number of rotatable bonds is 9. The minimum absolute atomic E-state index is 0.0583. The largest absolute Gasteiger partial charge is 0.488 e. The van der Waals surface area contributed by atoms with Gasteiger partial charge in [0.2, 0.25) is 11.5 Å². The van der Waals surface area contributed by atoms with E-state index in [0.717, 1.165) is 36.5 Å². The number of benzene rings is 2. The molecule has 10 nitrogen and oxygen atoms in total. The lowest BCUT2D eigenvalue weighted by Crippen LogP contribution is -2.52. The van der Waals surface area contributed by atoms with Crippen molar-refractivity contribution in [2.45, 2.75) is 42.7 Å². The number of alkyl halides is 5. The number of nitrogens with zero attached hydrogens (tertiary/aromatic N) is 2. The van der Waals surface area contributed by atoms with Crippen LogP contribution in [0.4, 0.5) is 26.3 Å². The van der Waals surface area contributed by atoms with Gasteiger partial charge in [-0.2, -0.15) is 13.2 Å². The maximum absolute atomic E-state index is 14.7. The van der Waals surface area contributed by atoms with Crippen LogP contribution in [-0.2, 0) is 15.9 Å². The summed E-state index contributed by atoms with van der Waals surface area (Å²) in [4.78, 5) is 33.6. The Morgan fingerprint density at radius 3 is 2.45 bits per heavy atom. The van der Waals surface area contributed by atoms with Crippen molar-refractivity contribution >= 4 is 22.7 Å². The van der Waals surface area contributed by atoms with E-state index in [0.29, 0.717) is 12.8 Å². The number of hydrogen-bond donors (Lipinski definition) is 4. The number of nitrogens with one attached hydrogen (secondary N) is 1. The van der Waals surface area contributed by atoms with E-state index < -0.39 is 65.8 Å². The average Bonchev–Trinajstić information content (AvgIpc) is 3.78. The maximum Gasteiger partial charge on any atom is 0.424 e. The molecule has 0 spiro atoms. The van der Waals surface area contributed by atoms with E-state index in [1.165, 1.54) is 18.2 Å². The molecule has 1 aliphatic heterocycles. The molecule has 1 aliphatic carbocycles. The molecular formula is C31H25F6N5O5. The van der Waals surface area contributed by atoms with Crippen LogP contribution >= 0.6 is 0 Å². The number of aromatic nitrogens is 2. The number of pyridine rings is 2. The Hall–Kier alpha value is -4.96. The Labute approximate surface area is 261 Å². The molecule has 2 unspecified atom stereocenters. The van der Waals surface area contributed by atoms with Crippen LogP contribution < -0.4 is 26.3 Å². The van der Waals surface area contributed by atoms with Crippen LogP contribution in [0.1, 0.15) is 46.4 Å². The Kier molecular flexibility index (Phi) is 7.75. The summed E-state index contributed by atoms with van der Waals surface area (Å²) in [5.41, 5.74) is 3.42. The van der Waals surface area contributed by atoms with Crippen LogP contribution in [0.25, 0.3) is 22.2 Å². The number of hydrogen-bond acceptors (Lipinski definition) is 8. The van der Waals surface area contributed by atoms with Crippen LogP contribution in [0.3, 0.4) is 0 Å². The zero-order chi connectivity index (χ0) is 33.9. The van der Waals surface area contributed by atoms with E-state index in [4.69, 9.17) is 20.9 Å². The van der Waals surface area contributed by atoms with Crippen molar-refractivity contribution in [1.82, 2.24) is 15.3 Å². The summed E-state index contributed by atoms with van der Waals surface area (Å²) in [6, 6.07) is 8.57. The van der Waals surface area contributed by atoms with E-state index in [-0.39, 0.29) is 50.9 Å². The molecule has 2 amide bonds. The van der Waals surface area contributed by atoms with Crippen molar-refractivity contribution in [3.63, 3.8) is 0 Å². The minimum atomic E-state index is -5.48. The van der Waals surface area contributed by atoms with Crippen LogP contribution in [0.2, 0.25) is 0 Å². The Balaban J connectivity index is 1.40. The Morgan fingerprint density at radius 2 is 1.83 bits per heavy atom. The SMILES string of the molecule is NC(=O)C1(N)COc2c1cc(C(O)(CNC(=O)c1cc(OC3CC3)c3ncc(C(F)F)cc3c1)C(F)(F)F)nc2-c1ccc(F)cc1. The molecule has 2 aromatic heterocycles. The molecule has 6 N–H and O–H groups in total. The fourth-order valence-corrected chi connectivity index (χ4v) is 5.08. The number of ether oxygens (including phenoxy) is 2. The predicted octanol–water partition coefficient (Wildman–Crippen LogP) is 4.13. The molecule has 0 bridgehead atoms. The predicted molar refractivity (Wildman–Crippen MR) is 153 cm³/mol. The van der Waals surface area contributed by atoms with E-state index in [1.807, 2.05) is 5.32 Å². The van der Waals surface area contributed by atoms with Gasteiger partial charge in [0, 0.05) is 33.8 Å². The first-order valence-electron chi connectivity index (χ1n) is 14.1. The van der Waals surface area contributed by atoms with Crippen molar-refractivity contribution in [2.24, 2.45) is 11.5 Å². The smallest absolute Gasteiger partial charge is 0.424 e. The third kappa shape index (κ3) is 5.78. The van der Waals surface area contributed by atoms with Crippen LogP contribution in [-0.4, -0.2) is 52.3 Å². The molecule has 3 heterocycles. The van der Waals surface area contributed by atoms with Crippen molar-refractivity contribution in [2.75, 3.05) is 13.2 Å². The van der Waals surface area contributed by atoms with Gasteiger partial charge in [0.1, 0.15) is 29.4 Å². The van der Waals surface area contributed by atoms with Crippen LogP contribution in [0.15, 0.2) is 54.7 Å². The molecule has 246 valence electrons. The van der Waals surface area contributed by atoms with Crippen molar-refractivity contribution in [1.29, 1.82) is 0 Å². The van der Waals surface area contributed by atoms with Gasteiger partial charge in [-0.05, 0) is 61.4 Å². The van der Waals surface area contributed by atoms with Gasteiger partial charge in [-0.25, -0.2) is 18.2 Å². The number of carbonyl (C=O) groups excluding carboxylic acids is 2. The number of nitrogens with two attached hydrogens (primary N) is 2. The first kappa shape index (κ1) is 32.0. The van der Waals surface area contributed by atoms with E-state index in [9.17, 15) is 41.0 Å². The van der Waals surface area contributed by atoms with Crippen LogP contribution in [0.5, 0.6) is 11.5 Å². The summed E-state index contributed by atoms with van der Waals surface area (Å²) in [5, 5.41) is 13.4. The third-order valence-electron chi connectivity index (χ3n) is 7.95. The van der Waals surface area contributed by atoms with E-state index >= 15 is 0 Å². The molecule has 2 atom stereocenters. The lowest BCUT2D eigenvalue weighted by molar-refractivity contribution is -0.265. The standard InChI is InChI=1S/C31H25F6N5O5/c32-18-3-1-14(2-4-18)24-25-20(29(39,13-46-25)28(38)44)10-22(42-24)30(45,31(35,36)37)12-41-27(43)16-7-15-8-17(26(33)34)11-40-23(15)21(9-16)47-19-5-6-19/h1-4,7-11,19,26,45H,5-6,12-13,39H2,(H2,38,44)(H,41,43). The Morgan fingerprint density at radius 1 is 1.13 bits per heavy atom. The van der Waals surface area contributed by atoms with Gasteiger partial charge in [-0.1, -0.05) is 0 Å². The number of carbonyl (C=O) groups is 2. The highest BCUT2D eigenvalue weighted by atomic mass is 19.4. The molecule has 2 aromatic carbocycles. The zero-order valence-electron chi connectivity index (χ0n) is 24.1. The Bertz CT molecular complexity index is 1900. The van der Waals surface area contributed by atoms with Gasteiger partial charge in [-0.15, -0.1) is 0 Å². The summed E-state index contributed by atoms with van der Waals surface area (Å²) in [5.74, 6) is -3.07. The van der Waals surface area contributed by atoms with Crippen LogP contribution in [0, 0.1) is 5.82 Å². The van der Waals surface area contributed by atoms with Gasteiger partial charge < -0.3 is 31.4 Å². The molecule has 0 saturated heterocycles. The number of fused-ring (bicyclic) bond motifs is 2. The van der Waals surface area contributed by atoms with Gasteiger partial charge in [0.25, 0.3) is 12.3 Å². The van der Waals surface area contributed by atoms with E-state index in [1.54, 1.807) is 0 Å². The summed E-state index contributed by atoms with van der Waals surface area (Å²) in [6.07, 6.45) is -6.22. The van der Waals surface area contributed by atoms with Gasteiger partial charge in [0.05, 0.1) is 18.3 Å². The van der Waals surface area contributed by atoms with Gasteiger partial charge >= 0.3 is 6.18 Å². The quantitative estimate of drug-likeness (QED) is 0.195. The first-order valence-corrected chi connectivity index (χ1v) is 14.1. The second kappa shape index (κ2) is 11.4. The lowest BCUT2D eigenvalue weighted by atomic mass is 9.87. The summed E-state index contributed by atoms with van der Waals surface area (Å²) in [6.45, 7) is -2.06. The zero-order valence-corrected chi connectivity index (χ0v) is 24.1. The highest BCUT2D eigenvalue weighted by Gasteiger charge is 2.58. The maximum atomic E-state index is 14.7. The molecule has 0 radical (unpaired) electrons. The second-order valence-corrected chi connectivity index (χ2v) is 11.3. The van der Waals surface area contributed by atoms with Crippen molar-refractivity contribution in [3.8, 4) is 22.8 Å². The molecule has 1 saturated carbocycles. The summed E-state index contributed by atoms with van der Waals surface area (Å²) >= 11 is 0. The molecule has 47 heavy (non-hydrogen) atoms. The lowest BCUT2D eigenvalue weighted by Gasteiger charge is -2.31. The monoisotopic (exact) mass is 661 g/mol. The van der Waals surface area contributed by atoms with E-state index in [2.05, 4.69) is 9.97 Å². The number of aliphatic hydroxyl groups is 1. The molecule has 16 heteroatoms. The molecule has 4 aromatic rings. The normalized spacial score (nSPS) is 18.8. The molecular weight excluding hydrogens is 636 g/mol. The van der Waals surface area contributed by atoms with Crippen molar-refractivity contribution in [3.05, 3.63) is 82.9 Å². The second-order valence-electron chi connectivity index (χ2n) is 11.3. The molecule has 2 aliphatic rings. The van der Waals surface area contributed by atoms with Gasteiger partial charge in [0.15, 0.2) is 11.3 Å². The summed E-state index contributed by atoms with van der Waals surface area (Å²) < 4.78 is 95.9. The number of amides is 2. The fraction of sp³-hybridized carbons (Fsp3) is 0.290. The fourth-order valence-electron chi connectivity index (χ4n) is 5.08.